The van der Waals surface area contributed by atoms with Crippen molar-refractivity contribution in [1.29, 1.82) is 0 Å². The molecule has 0 spiro atoms. The fraction of sp³-hybridized carbons (Fsp3) is 0.667. The third-order valence-corrected chi connectivity index (χ3v) is 1.61. The van der Waals surface area contributed by atoms with E-state index in [2.05, 4.69) is 11.9 Å². The summed E-state index contributed by atoms with van der Waals surface area (Å²) in [5.41, 5.74) is 6.08. The average Bonchev–Trinajstić information content (AvgIpc) is 1.85. The van der Waals surface area contributed by atoms with E-state index in [1.807, 2.05) is 20.8 Å². The summed E-state index contributed by atoms with van der Waals surface area (Å²) in [6, 6.07) is 0. The molecule has 3 nitrogen and oxygen atoms in total. The van der Waals surface area contributed by atoms with E-state index in [1.54, 1.807) is 6.92 Å². The molecule has 1 amide bonds. The molecule has 0 radical (unpaired) electrons. The Kier molecular flexibility index (Phi) is 3.46. The Morgan fingerprint density at radius 1 is 1.50 bits per heavy atom. The molecule has 0 aliphatic carbocycles. The predicted octanol–water partition coefficient (Wildman–Crippen LogP) is 1.01. The minimum absolute atomic E-state index is 0.120. The normalized spacial score (nSPS) is 13.8. The first kappa shape index (κ1) is 11.2. The molecule has 0 bridgehead atoms. The van der Waals surface area contributed by atoms with Crippen LogP contribution in [0.4, 0.5) is 0 Å². The smallest absolute Gasteiger partial charge is 0.247 e. The molecule has 70 valence electrons. The summed E-state index contributed by atoms with van der Waals surface area (Å²) in [6.45, 7) is 11.1. The molecule has 3 N–H and O–H groups in total. The minimum atomic E-state index is -0.332. The van der Waals surface area contributed by atoms with Gasteiger partial charge in [0.05, 0.1) is 6.17 Å². The van der Waals surface area contributed by atoms with Crippen LogP contribution >= 0.6 is 0 Å². The zero-order valence-electron chi connectivity index (χ0n) is 8.27. The maximum absolute atomic E-state index is 11.1. The number of amides is 1. The van der Waals surface area contributed by atoms with Gasteiger partial charge in [0.1, 0.15) is 0 Å². The lowest BCUT2D eigenvalue weighted by molar-refractivity contribution is -0.118. The van der Waals surface area contributed by atoms with E-state index in [9.17, 15) is 4.79 Å². The first-order valence-electron chi connectivity index (χ1n) is 3.97. The monoisotopic (exact) mass is 170 g/mol. The second-order valence-electron chi connectivity index (χ2n) is 4.10. The van der Waals surface area contributed by atoms with Crippen molar-refractivity contribution in [3.8, 4) is 0 Å². The minimum Gasteiger partial charge on any atom is -0.337 e. The van der Waals surface area contributed by atoms with Crippen LogP contribution in [0.1, 0.15) is 27.7 Å². The fourth-order valence-electron chi connectivity index (χ4n) is 0.481. The molecule has 1 unspecified atom stereocenters. The topological polar surface area (TPSA) is 55.1 Å². The van der Waals surface area contributed by atoms with Crippen LogP contribution in [0.5, 0.6) is 0 Å². The molecule has 0 heterocycles. The average molecular weight is 170 g/mol. The van der Waals surface area contributed by atoms with Gasteiger partial charge in [-0.15, -0.1) is 0 Å². The van der Waals surface area contributed by atoms with Crippen LogP contribution in [0, 0.1) is 5.41 Å². The van der Waals surface area contributed by atoms with Crippen LogP contribution < -0.4 is 11.1 Å². The van der Waals surface area contributed by atoms with Gasteiger partial charge in [0, 0.05) is 5.57 Å². The number of nitrogens with one attached hydrogen (secondary N) is 1. The van der Waals surface area contributed by atoms with Crippen LogP contribution in [0.3, 0.4) is 0 Å². The summed E-state index contributed by atoms with van der Waals surface area (Å²) in [5.74, 6) is -0.183. The number of carbonyl (C=O) groups excluding carboxylic acids is 1. The standard InChI is InChI=1S/C9H18N2O/c1-6(2)7(12)11-8(10)9(3,4)5/h8H,1,10H2,2-5H3,(H,11,12). The number of nitrogens with two attached hydrogens (primary N) is 1. The third-order valence-electron chi connectivity index (χ3n) is 1.61. The number of hydrogen-bond donors (Lipinski definition) is 2. The zero-order valence-corrected chi connectivity index (χ0v) is 8.27. The van der Waals surface area contributed by atoms with Crippen LogP contribution in [-0.4, -0.2) is 12.1 Å². The molecule has 0 rings (SSSR count). The van der Waals surface area contributed by atoms with Crippen molar-refractivity contribution in [3.05, 3.63) is 12.2 Å². The second kappa shape index (κ2) is 3.72. The van der Waals surface area contributed by atoms with E-state index >= 15 is 0 Å². The van der Waals surface area contributed by atoms with E-state index in [0.717, 1.165) is 0 Å². The number of hydrogen-bond acceptors (Lipinski definition) is 2. The summed E-state index contributed by atoms with van der Waals surface area (Å²) in [5, 5.41) is 2.66. The summed E-state index contributed by atoms with van der Waals surface area (Å²) in [7, 11) is 0. The van der Waals surface area contributed by atoms with Crippen molar-refractivity contribution in [2.24, 2.45) is 11.1 Å². The molecule has 0 saturated carbocycles. The van der Waals surface area contributed by atoms with Gasteiger partial charge in [0.25, 0.3) is 0 Å². The van der Waals surface area contributed by atoms with E-state index in [-0.39, 0.29) is 17.5 Å². The second-order valence-corrected chi connectivity index (χ2v) is 4.10. The number of carbonyl (C=O) groups is 1. The highest BCUT2D eigenvalue weighted by Crippen LogP contribution is 2.15. The van der Waals surface area contributed by atoms with Crippen molar-refractivity contribution in [2.45, 2.75) is 33.9 Å². The van der Waals surface area contributed by atoms with Crippen molar-refractivity contribution < 1.29 is 4.79 Å². The van der Waals surface area contributed by atoms with Crippen LogP contribution in [-0.2, 0) is 4.79 Å². The Morgan fingerprint density at radius 2 is 1.92 bits per heavy atom. The van der Waals surface area contributed by atoms with Crippen molar-refractivity contribution >= 4 is 5.91 Å². The lowest BCUT2D eigenvalue weighted by Gasteiger charge is -2.27. The van der Waals surface area contributed by atoms with E-state index < -0.39 is 0 Å². The molecule has 0 aromatic heterocycles. The molecule has 3 heteroatoms. The van der Waals surface area contributed by atoms with Crippen LogP contribution in [0.15, 0.2) is 12.2 Å². The quantitative estimate of drug-likeness (QED) is 0.480. The molecular formula is C9H18N2O. The van der Waals surface area contributed by atoms with Gasteiger partial charge in [-0.25, -0.2) is 0 Å². The predicted molar refractivity (Wildman–Crippen MR) is 50.4 cm³/mol. The van der Waals surface area contributed by atoms with Gasteiger partial charge in [-0.05, 0) is 12.3 Å². The van der Waals surface area contributed by atoms with Gasteiger partial charge >= 0.3 is 0 Å². The lowest BCUT2D eigenvalue weighted by atomic mass is 9.93. The maximum atomic E-state index is 11.1. The largest absolute Gasteiger partial charge is 0.337 e. The fourth-order valence-corrected chi connectivity index (χ4v) is 0.481. The Bertz CT molecular complexity index is 191. The molecule has 0 aliphatic rings. The van der Waals surface area contributed by atoms with Crippen LogP contribution in [0.2, 0.25) is 0 Å². The first-order chi connectivity index (χ1) is 5.25. The van der Waals surface area contributed by atoms with Gasteiger partial charge in [-0.3, -0.25) is 4.79 Å². The molecule has 0 saturated heterocycles. The Labute approximate surface area is 74.0 Å². The van der Waals surface area contributed by atoms with Gasteiger partial charge < -0.3 is 11.1 Å². The molecule has 1 atom stereocenters. The van der Waals surface area contributed by atoms with Gasteiger partial charge in [0.2, 0.25) is 5.91 Å². The summed E-state index contributed by atoms with van der Waals surface area (Å²) in [6.07, 6.45) is -0.332. The van der Waals surface area contributed by atoms with Crippen molar-refractivity contribution in [1.82, 2.24) is 5.32 Å². The molecule has 12 heavy (non-hydrogen) atoms. The Hall–Kier alpha value is -0.830. The van der Waals surface area contributed by atoms with Gasteiger partial charge in [-0.2, -0.15) is 0 Å². The van der Waals surface area contributed by atoms with Gasteiger partial charge in [0.15, 0.2) is 0 Å². The summed E-state index contributed by atoms with van der Waals surface area (Å²) in [4.78, 5) is 11.1. The van der Waals surface area contributed by atoms with E-state index in [0.29, 0.717) is 5.57 Å². The Morgan fingerprint density at radius 3 is 2.17 bits per heavy atom. The highest BCUT2D eigenvalue weighted by atomic mass is 16.1. The van der Waals surface area contributed by atoms with Gasteiger partial charge in [-0.1, -0.05) is 27.4 Å². The number of rotatable bonds is 2. The Balaban J connectivity index is 4.11. The van der Waals surface area contributed by atoms with E-state index in [1.165, 1.54) is 0 Å². The summed E-state index contributed by atoms with van der Waals surface area (Å²) >= 11 is 0. The van der Waals surface area contributed by atoms with Crippen LogP contribution in [0.25, 0.3) is 0 Å². The lowest BCUT2D eigenvalue weighted by Crippen LogP contribution is -2.50. The SMILES string of the molecule is C=C(C)C(=O)NC(N)C(C)(C)C. The molecule has 0 aromatic carbocycles. The van der Waals surface area contributed by atoms with E-state index in [4.69, 9.17) is 5.73 Å². The molecule has 0 aromatic rings. The zero-order chi connectivity index (χ0) is 9.94. The highest BCUT2D eigenvalue weighted by molar-refractivity contribution is 5.92. The third kappa shape index (κ3) is 3.53. The molecule has 0 fully saturated rings. The first-order valence-corrected chi connectivity index (χ1v) is 3.97. The highest BCUT2D eigenvalue weighted by Gasteiger charge is 2.21. The van der Waals surface area contributed by atoms with Crippen molar-refractivity contribution in [3.63, 3.8) is 0 Å². The molecular weight excluding hydrogens is 152 g/mol. The maximum Gasteiger partial charge on any atom is 0.247 e. The van der Waals surface area contributed by atoms with Crippen molar-refractivity contribution in [2.75, 3.05) is 0 Å². The molecule has 0 aliphatic heterocycles. The summed E-state index contributed by atoms with van der Waals surface area (Å²) < 4.78 is 0.